The molecule has 1 saturated heterocycles. The van der Waals surface area contributed by atoms with Gasteiger partial charge in [0.05, 0.1) is 11.4 Å². The Morgan fingerprint density at radius 1 is 1.45 bits per heavy atom. The van der Waals surface area contributed by atoms with Gasteiger partial charge in [-0.25, -0.2) is 4.98 Å². The van der Waals surface area contributed by atoms with Gasteiger partial charge in [-0.15, -0.1) is 11.3 Å². The topological polar surface area (TPSA) is 62.8 Å². The number of hydrogen-bond acceptors (Lipinski definition) is 5. The summed E-state index contributed by atoms with van der Waals surface area (Å²) in [5.74, 6) is 0. The van der Waals surface area contributed by atoms with Gasteiger partial charge < -0.3 is 10.1 Å². The van der Waals surface area contributed by atoms with Crippen LogP contribution in [-0.2, 0) is 16.7 Å². The molecule has 3 rings (SSSR count). The number of nitrogens with one attached hydrogen (secondary N) is 2. The molecule has 0 saturated carbocycles. The van der Waals surface area contributed by atoms with Crippen LogP contribution in [0, 0.1) is 6.92 Å². The van der Waals surface area contributed by atoms with E-state index in [4.69, 9.17) is 9.72 Å². The fraction of sp³-hybridized carbons (Fsp3) is 0.625. The van der Waals surface area contributed by atoms with E-state index in [1.807, 2.05) is 17.4 Å². The summed E-state index contributed by atoms with van der Waals surface area (Å²) < 4.78 is 5.83. The van der Waals surface area contributed by atoms with E-state index >= 15 is 0 Å². The summed E-state index contributed by atoms with van der Waals surface area (Å²) in [6.45, 7) is 10.4. The fourth-order valence-electron chi connectivity index (χ4n) is 2.97. The van der Waals surface area contributed by atoms with Crippen LogP contribution in [-0.4, -0.2) is 27.8 Å². The van der Waals surface area contributed by atoms with Gasteiger partial charge in [0, 0.05) is 30.3 Å². The molecule has 5 nitrogen and oxygen atoms in total. The maximum atomic E-state index is 5.83. The van der Waals surface area contributed by atoms with Crippen molar-refractivity contribution in [1.82, 2.24) is 20.5 Å². The average Bonchev–Trinajstić information content (AvgIpc) is 3.15. The number of aromatic amines is 1. The molecule has 2 atom stereocenters. The molecule has 1 aliphatic heterocycles. The normalized spacial score (nSPS) is 22.4. The third kappa shape index (κ3) is 3.24. The highest BCUT2D eigenvalue weighted by molar-refractivity contribution is 7.11. The molecule has 2 N–H and O–H groups in total. The molecule has 2 aromatic rings. The van der Waals surface area contributed by atoms with E-state index in [0.29, 0.717) is 6.04 Å². The van der Waals surface area contributed by atoms with Gasteiger partial charge in [0.25, 0.3) is 0 Å². The van der Waals surface area contributed by atoms with Crippen molar-refractivity contribution in [3.63, 3.8) is 0 Å². The smallest absolute Gasteiger partial charge is 0.114 e. The number of rotatable bonds is 4. The molecule has 6 heteroatoms. The number of nitrogens with zero attached hydrogens (tertiary/aromatic N) is 2. The molecule has 3 heterocycles. The van der Waals surface area contributed by atoms with E-state index in [0.717, 1.165) is 36.0 Å². The van der Waals surface area contributed by atoms with Crippen molar-refractivity contribution in [3.05, 3.63) is 33.5 Å². The second-order valence-electron chi connectivity index (χ2n) is 6.85. The molecule has 0 bridgehead atoms. The van der Waals surface area contributed by atoms with Gasteiger partial charge in [0.15, 0.2) is 0 Å². The SMILES string of the molecule is Cc1nc(CN[C@@H]2CCO[C@H]2c2ccn[nH]2)sc1C(C)(C)C. The molecule has 0 aliphatic carbocycles. The van der Waals surface area contributed by atoms with Crippen LogP contribution in [0.5, 0.6) is 0 Å². The molecule has 2 aromatic heterocycles. The Bertz CT molecular complexity index is 615. The van der Waals surface area contributed by atoms with Crippen LogP contribution in [0.2, 0.25) is 0 Å². The van der Waals surface area contributed by atoms with Crippen molar-refractivity contribution in [2.75, 3.05) is 6.61 Å². The van der Waals surface area contributed by atoms with Crippen LogP contribution in [0.15, 0.2) is 12.3 Å². The first-order valence-electron chi connectivity index (χ1n) is 7.76. The molecule has 120 valence electrons. The van der Waals surface area contributed by atoms with Gasteiger partial charge in [-0.3, -0.25) is 5.10 Å². The lowest BCUT2D eigenvalue weighted by Crippen LogP contribution is -2.31. The van der Waals surface area contributed by atoms with Crippen molar-refractivity contribution in [1.29, 1.82) is 0 Å². The van der Waals surface area contributed by atoms with E-state index in [9.17, 15) is 0 Å². The van der Waals surface area contributed by atoms with E-state index < -0.39 is 0 Å². The predicted octanol–water partition coefficient (Wildman–Crippen LogP) is 3.09. The Morgan fingerprint density at radius 3 is 2.91 bits per heavy atom. The van der Waals surface area contributed by atoms with Gasteiger partial charge in [0.1, 0.15) is 11.1 Å². The maximum absolute atomic E-state index is 5.83. The number of thiazole rings is 1. The molecule has 0 amide bonds. The lowest BCUT2D eigenvalue weighted by atomic mass is 9.94. The van der Waals surface area contributed by atoms with Gasteiger partial charge in [-0.1, -0.05) is 20.8 Å². The summed E-state index contributed by atoms with van der Waals surface area (Å²) >= 11 is 1.81. The van der Waals surface area contributed by atoms with Crippen molar-refractivity contribution in [3.8, 4) is 0 Å². The average molecular weight is 320 g/mol. The molecule has 1 fully saturated rings. The van der Waals surface area contributed by atoms with Crippen LogP contribution in [0.3, 0.4) is 0 Å². The van der Waals surface area contributed by atoms with E-state index in [-0.39, 0.29) is 11.5 Å². The Kier molecular flexibility index (Phi) is 4.34. The van der Waals surface area contributed by atoms with Gasteiger partial charge in [-0.05, 0) is 24.8 Å². The number of hydrogen-bond donors (Lipinski definition) is 2. The number of ether oxygens (including phenoxy) is 1. The largest absolute Gasteiger partial charge is 0.370 e. The Morgan fingerprint density at radius 2 is 2.27 bits per heavy atom. The summed E-state index contributed by atoms with van der Waals surface area (Å²) in [5.41, 5.74) is 2.36. The zero-order valence-electron chi connectivity index (χ0n) is 13.6. The minimum atomic E-state index is 0.0608. The molecular weight excluding hydrogens is 296 g/mol. The Hall–Kier alpha value is -1.24. The van der Waals surface area contributed by atoms with Crippen LogP contribution in [0.25, 0.3) is 0 Å². The first kappa shape index (κ1) is 15.6. The molecule has 0 spiro atoms. The monoisotopic (exact) mass is 320 g/mol. The minimum Gasteiger partial charge on any atom is -0.370 e. The van der Waals surface area contributed by atoms with Crippen molar-refractivity contribution in [2.45, 2.75) is 58.2 Å². The quantitative estimate of drug-likeness (QED) is 0.909. The second kappa shape index (κ2) is 6.10. The summed E-state index contributed by atoms with van der Waals surface area (Å²) in [7, 11) is 0. The summed E-state index contributed by atoms with van der Waals surface area (Å²) in [6.07, 6.45) is 2.85. The summed E-state index contributed by atoms with van der Waals surface area (Å²) in [4.78, 5) is 6.09. The summed E-state index contributed by atoms with van der Waals surface area (Å²) in [5, 5.41) is 11.8. The molecule has 0 radical (unpaired) electrons. The second-order valence-corrected chi connectivity index (χ2v) is 7.94. The highest BCUT2D eigenvalue weighted by Crippen LogP contribution is 2.32. The van der Waals surface area contributed by atoms with Crippen LogP contribution >= 0.6 is 11.3 Å². The number of aryl methyl sites for hydroxylation is 1. The van der Waals surface area contributed by atoms with E-state index in [1.165, 1.54) is 4.88 Å². The highest BCUT2D eigenvalue weighted by atomic mass is 32.1. The third-order valence-corrected chi connectivity index (χ3v) is 5.54. The zero-order chi connectivity index (χ0) is 15.7. The number of H-pyrrole nitrogens is 1. The van der Waals surface area contributed by atoms with Crippen LogP contribution in [0.4, 0.5) is 0 Å². The lowest BCUT2D eigenvalue weighted by molar-refractivity contribution is 0.0950. The third-order valence-electron chi connectivity index (χ3n) is 3.96. The molecular formula is C16H24N4OS. The Balaban J connectivity index is 1.65. The first-order chi connectivity index (χ1) is 10.4. The molecule has 1 aliphatic rings. The lowest BCUT2D eigenvalue weighted by Gasteiger charge is -2.18. The Labute approximate surface area is 135 Å². The predicted molar refractivity (Wildman–Crippen MR) is 88.1 cm³/mol. The standard InChI is InChI=1S/C16H24N4OS/c1-10-15(16(2,3)4)22-13(19-10)9-17-11-6-8-21-14(11)12-5-7-18-20-12/h5,7,11,14,17H,6,8-9H2,1-4H3,(H,18,20)/t11-,14-/m1/s1. The van der Waals surface area contributed by atoms with E-state index in [2.05, 4.69) is 43.2 Å². The maximum Gasteiger partial charge on any atom is 0.114 e. The zero-order valence-corrected chi connectivity index (χ0v) is 14.5. The van der Waals surface area contributed by atoms with Crippen LogP contribution in [0.1, 0.15) is 54.6 Å². The van der Waals surface area contributed by atoms with Crippen molar-refractivity contribution in [2.24, 2.45) is 0 Å². The molecule has 0 unspecified atom stereocenters. The van der Waals surface area contributed by atoms with E-state index in [1.54, 1.807) is 6.20 Å². The minimum absolute atomic E-state index is 0.0608. The fourth-order valence-corrected chi connectivity index (χ4v) is 4.05. The first-order valence-corrected chi connectivity index (χ1v) is 8.58. The van der Waals surface area contributed by atoms with Gasteiger partial charge in [0.2, 0.25) is 0 Å². The molecule has 0 aromatic carbocycles. The highest BCUT2D eigenvalue weighted by Gasteiger charge is 2.30. The molecule has 22 heavy (non-hydrogen) atoms. The van der Waals surface area contributed by atoms with Crippen molar-refractivity contribution >= 4 is 11.3 Å². The van der Waals surface area contributed by atoms with Gasteiger partial charge >= 0.3 is 0 Å². The van der Waals surface area contributed by atoms with Gasteiger partial charge in [-0.2, -0.15) is 5.10 Å². The summed E-state index contributed by atoms with van der Waals surface area (Å²) in [6, 6.07) is 2.29. The van der Waals surface area contributed by atoms with Crippen LogP contribution < -0.4 is 5.32 Å². The van der Waals surface area contributed by atoms with Crippen molar-refractivity contribution < 1.29 is 4.74 Å². The number of aromatic nitrogens is 3.